The summed E-state index contributed by atoms with van der Waals surface area (Å²) in [5, 5.41) is 3.79. The van der Waals surface area contributed by atoms with E-state index in [1.54, 1.807) is 18.2 Å². The zero-order valence-electron chi connectivity index (χ0n) is 11.2. The molecule has 3 nitrogen and oxygen atoms in total. The first-order valence-corrected chi connectivity index (χ1v) is 7.14. The molecule has 0 aliphatic carbocycles. The number of hydrogen-bond acceptors (Lipinski definition) is 3. The van der Waals surface area contributed by atoms with Crippen molar-refractivity contribution >= 4 is 21.7 Å². The molecule has 2 aromatic carbocycles. The van der Waals surface area contributed by atoms with Crippen LogP contribution >= 0.6 is 15.9 Å². The van der Waals surface area contributed by atoms with E-state index in [0.717, 1.165) is 11.1 Å². The quantitative estimate of drug-likeness (QED) is 0.724. The Bertz CT molecular complexity index is 814. The number of nitrogen functional groups attached to an aromatic ring is 1. The van der Waals surface area contributed by atoms with E-state index in [0.29, 0.717) is 21.4 Å². The van der Waals surface area contributed by atoms with Crippen molar-refractivity contribution in [2.45, 2.75) is 6.92 Å². The molecular weight excluding hydrogens is 335 g/mol. The monoisotopic (exact) mass is 346 g/mol. The van der Waals surface area contributed by atoms with Crippen LogP contribution in [-0.2, 0) is 0 Å². The lowest BCUT2D eigenvalue weighted by molar-refractivity contribution is 0.433. The first-order chi connectivity index (χ1) is 10.1. The molecule has 106 valence electrons. The van der Waals surface area contributed by atoms with Gasteiger partial charge >= 0.3 is 0 Å². The fourth-order valence-corrected chi connectivity index (χ4v) is 2.61. The summed E-state index contributed by atoms with van der Waals surface area (Å²) in [5.41, 5.74) is 8.77. The number of nitrogens with zero attached hydrogens (tertiary/aromatic N) is 1. The lowest BCUT2D eigenvalue weighted by Gasteiger charge is -2.05. The average Bonchev–Trinajstić information content (AvgIpc) is 2.83. The molecular formula is C16H12BrFN2O. The first-order valence-electron chi connectivity index (χ1n) is 6.34. The molecule has 0 spiro atoms. The predicted molar refractivity (Wildman–Crippen MR) is 84.2 cm³/mol. The molecule has 0 saturated heterocycles. The molecule has 1 heterocycles. The molecule has 2 N–H and O–H groups in total. The SMILES string of the molecule is Cc1cccc(-c2c(N)noc2-c2cccc(Br)c2F)c1. The van der Waals surface area contributed by atoms with Crippen LogP contribution in [0.2, 0.25) is 0 Å². The number of aryl methyl sites for hydroxylation is 1. The number of benzene rings is 2. The van der Waals surface area contributed by atoms with Gasteiger partial charge < -0.3 is 10.3 Å². The van der Waals surface area contributed by atoms with Gasteiger partial charge in [0.2, 0.25) is 0 Å². The maximum Gasteiger partial charge on any atom is 0.179 e. The minimum absolute atomic E-state index is 0.245. The highest BCUT2D eigenvalue weighted by molar-refractivity contribution is 9.10. The summed E-state index contributed by atoms with van der Waals surface area (Å²) in [4.78, 5) is 0. The molecule has 21 heavy (non-hydrogen) atoms. The van der Waals surface area contributed by atoms with Gasteiger partial charge in [0, 0.05) is 0 Å². The van der Waals surface area contributed by atoms with Gasteiger partial charge in [-0.25, -0.2) is 4.39 Å². The highest BCUT2D eigenvalue weighted by Gasteiger charge is 2.21. The molecule has 0 saturated carbocycles. The summed E-state index contributed by atoms with van der Waals surface area (Å²) in [6.07, 6.45) is 0. The van der Waals surface area contributed by atoms with Crippen LogP contribution in [0.15, 0.2) is 51.5 Å². The standard InChI is InChI=1S/C16H12BrFN2O/c1-9-4-2-5-10(8-9)13-15(21-20-16(13)19)11-6-3-7-12(17)14(11)18/h2-8H,1H3,(H2,19,20). The van der Waals surface area contributed by atoms with Crippen LogP contribution in [0, 0.1) is 12.7 Å². The number of aromatic nitrogens is 1. The third-order valence-electron chi connectivity index (χ3n) is 3.22. The summed E-state index contributed by atoms with van der Waals surface area (Å²) in [6.45, 7) is 1.98. The van der Waals surface area contributed by atoms with Crippen molar-refractivity contribution in [3.8, 4) is 22.5 Å². The van der Waals surface area contributed by atoms with E-state index in [1.165, 1.54) is 0 Å². The topological polar surface area (TPSA) is 52.0 Å². The molecule has 0 aliphatic rings. The zero-order valence-corrected chi connectivity index (χ0v) is 12.8. The van der Waals surface area contributed by atoms with Crippen molar-refractivity contribution in [2.24, 2.45) is 0 Å². The minimum atomic E-state index is -0.400. The lowest BCUT2D eigenvalue weighted by atomic mass is 10.00. The predicted octanol–water partition coefficient (Wildman–Crippen LogP) is 4.80. The molecule has 3 rings (SSSR count). The second kappa shape index (κ2) is 5.33. The molecule has 1 aromatic heterocycles. The Morgan fingerprint density at radius 3 is 2.71 bits per heavy atom. The summed E-state index contributed by atoms with van der Waals surface area (Å²) in [7, 11) is 0. The van der Waals surface area contributed by atoms with Crippen molar-refractivity contribution in [1.82, 2.24) is 5.16 Å². The number of rotatable bonds is 2. The van der Waals surface area contributed by atoms with Crippen LogP contribution in [0.5, 0.6) is 0 Å². The van der Waals surface area contributed by atoms with Gasteiger partial charge in [-0.15, -0.1) is 0 Å². The first kappa shape index (κ1) is 13.8. The van der Waals surface area contributed by atoms with Gasteiger partial charge in [0.15, 0.2) is 11.6 Å². The Kier molecular flexibility index (Phi) is 3.51. The van der Waals surface area contributed by atoms with Gasteiger partial charge in [-0.3, -0.25) is 0 Å². The van der Waals surface area contributed by atoms with Crippen LogP contribution in [0.4, 0.5) is 10.2 Å². The Balaban J connectivity index is 2.24. The number of anilines is 1. The van der Waals surface area contributed by atoms with Crippen LogP contribution in [0.1, 0.15) is 5.56 Å². The molecule has 3 aromatic rings. The van der Waals surface area contributed by atoms with Crippen LogP contribution < -0.4 is 5.73 Å². The summed E-state index contributed by atoms with van der Waals surface area (Å²) in [5.74, 6) is 0.175. The van der Waals surface area contributed by atoms with Crippen molar-refractivity contribution < 1.29 is 8.91 Å². The van der Waals surface area contributed by atoms with Crippen molar-refractivity contribution in [3.05, 3.63) is 58.3 Å². The van der Waals surface area contributed by atoms with E-state index >= 15 is 0 Å². The van der Waals surface area contributed by atoms with Gasteiger partial charge in [-0.05, 0) is 40.5 Å². The fraction of sp³-hybridized carbons (Fsp3) is 0.0625. The van der Waals surface area contributed by atoms with E-state index < -0.39 is 5.82 Å². The van der Waals surface area contributed by atoms with Gasteiger partial charge in [-0.2, -0.15) is 0 Å². The van der Waals surface area contributed by atoms with E-state index in [4.69, 9.17) is 10.3 Å². The van der Waals surface area contributed by atoms with E-state index in [1.807, 2.05) is 31.2 Å². The van der Waals surface area contributed by atoms with Gasteiger partial charge in [-0.1, -0.05) is 41.1 Å². The van der Waals surface area contributed by atoms with Crippen molar-refractivity contribution in [3.63, 3.8) is 0 Å². The van der Waals surface area contributed by atoms with Crippen LogP contribution in [-0.4, -0.2) is 5.16 Å². The van der Waals surface area contributed by atoms with Crippen molar-refractivity contribution in [2.75, 3.05) is 5.73 Å². The summed E-state index contributed by atoms with van der Waals surface area (Å²) < 4.78 is 19.9. The number of hydrogen-bond donors (Lipinski definition) is 1. The largest absolute Gasteiger partial charge is 0.380 e. The Morgan fingerprint density at radius 1 is 1.19 bits per heavy atom. The molecule has 0 unspecified atom stereocenters. The number of halogens is 2. The van der Waals surface area contributed by atoms with E-state index in [9.17, 15) is 4.39 Å². The van der Waals surface area contributed by atoms with Gasteiger partial charge in [0.1, 0.15) is 5.82 Å². The Labute approximate surface area is 129 Å². The maximum atomic E-state index is 14.3. The summed E-state index contributed by atoms with van der Waals surface area (Å²) >= 11 is 3.17. The highest BCUT2D eigenvalue weighted by Crippen LogP contribution is 2.39. The molecule has 0 radical (unpaired) electrons. The fourth-order valence-electron chi connectivity index (χ4n) is 2.24. The smallest absolute Gasteiger partial charge is 0.179 e. The van der Waals surface area contributed by atoms with Gasteiger partial charge in [0.05, 0.1) is 15.6 Å². The zero-order chi connectivity index (χ0) is 15.0. The highest BCUT2D eigenvalue weighted by atomic mass is 79.9. The summed E-state index contributed by atoms with van der Waals surface area (Å²) in [6, 6.07) is 12.8. The normalized spacial score (nSPS) is 10.8. The van der Waals surface area contributed by atoms with Crippen LogP contribution in [0.25, 0.3) is 22.5 Å². The van der Waals surface area contributed by atoms with E-state index in [-0.39, 0.29) is 5.82 Å². The second-order valence-corrected chi connectivity index (χ2v) is 5.60. The lowest BCUT2D eigenvalue weighted by Crippen LogP contribution is -1.91. The molecule has 0 bridgehead atoms. The Hall–Kier alpha value is -2.14. The number of nitrogens with two attached hydrogens (primary N) is 1. The molecule has 0 amide bonds. The van der Waals surface area contributed by atoms with Crippen LogP contribution in [0.3, 0.4) is 0 Å². The molecule has 0 atom stereocenters. The Morgan fingerprint density at radius 2 is 1.95 bits per heavy atom. The van der Waals surface area contributed by atoms with Gasteiger partial charge in [0.25, 0.3) is 0 Å². The van der Waals surface area contributed by atoms with E-state index in [2.05, 4.69) is 21.1 Å². The molecule has 5 heteroatoms. The third-order valence-corrected chi connectivity index (χ3v) is 3.83. The molecule has 0 aliphatic heterocycles. The average molecular weight is 347 g/mol. The molecule has 0 fully saturated rings. The minimum Gasteiger partial charge on any atom is -0.380 e. The maximum absolute atomic E-state index is 14.3. The third kappa shape index (κ3) is 2.45. The van der Waals surface area contributed by atoms with Crippen molar-refractivity contribution in [1.29, 1.82) is 0 Å². The second-order valence-electron chi connectivity index (χ2n) is 4.74.